The van der Waals surface area contributed by atoms with Gasteiger partial charge in [-0.25, -0.2) is 14.8 Å². The van der Waals surface area contributed by atoms with Crippen molar-refractivity contribution in [2.24, 2.45) is 17.8 Å². The molecule has 220 valence electrons. The van der Waals surface area contributed by atoms with Crippen LogP contribution in [0, 0.1) is 38.5 Å². The van der Waals surface area contributed by atoms with E-state index in [4.69, 9.17) is 16.3 Å². The molecule has 3 aliphatic heterocycles. The predicted octanol–water partition coefficient (Wildman–Crippen LogP) is 3.57. The van der Waals surface area contributed by atoms with Gasteiger partial charge in [0.2, 0.25) is 5.91 Å². The summed E-state index contributed by atoms with van der Waals surface area (Å²) in [4.78, 5) is 55.2. The van der Waals surface area contributed by atoms with Crippen molar-refractivity contribution in [2.75, 3.05) is 64.4 Å². The van der Waals surface area contributed by atoms with Gasteiger partial charge in [-0.15, -0.1) is 0 Å². The molecule has 3 amide bonds. The maximum atomic E-state index is 13.7. The largest absolute Gasteiger partial charge is 0.453 e. The number of nitrogens with zero attached hydrogens (tertiary/aromatic N) is 6. The molecule has 0 spiro atoms. The maximum absolute atomic E-state index is 13.7. The van der Waals surface area contributed by atoms with Crippen molar-refractivity contribution >= 4 is 35.2 Å². The van der Waals surface area contributed by atoms with Crippen LogP contribution in [-0.2, 0) is 9.53 Å². The van der Waals surface area contributed by atoms with Crippen LogP contribution in [0.4, 0.5) is 10.5 Å². The summed E-state index contributed by atoms with van der Waals surface area (Å²) in [6.45, 7) is 11.4. The molecular formula is C30H39ClN6O4. The Morgan fingerprint density at radius 1 is 1.00 bits per heavy atom. The second-order valence-corrected chi connectivity index (χ2v) is 12.0. The topological polar surface area (TPSA) is 99.2 Å². The monoisotopic (exact) mass is 582 g/mol. The lowest BCUT2D eigenvalue weighted by molar-refractivity contribution is -0.122. The van der Waals surface area contributed by atoms with Crippen LogP contribution in [0.3, 0.4) is 0 Å². The zero-order chi connectivity index (χ0) is 29.3. The molecule has 0 bridgehead atoms. The first-order valence-corrected chi connectivity index (χ1v) is 14.7. The lowest BCUT2D eigenvalue weighted by atomic mass is 10.0. The van der Waals surface area contributed by atoms with Gasteiger partial charge in [0.25, 0.3) is 5.91 Å². The number of anilines is 1. The van der Waals surface area contributed by atoms with Crippen molar-refractivity contribution in [3.05, 3.63) is 52.1 Å². The average molecular weight is 583 g/mol. The third kappa shape index (κ3) is 6.18. The number of benzene rings is 1. The van der Waals surface area contributed by atoms with E-state index in [1.54, 1.807) is 4.90 Å². The Labute approximate surface area is 246 Å². The smallest absolute Gasteiger partial charge is 0.409 e. The molecule has 0 aliphatic carbocycles. The first-order chi connectivity index (χ1) is 19.7. The van der Waals surface area contributed by atoms with Gasteiger partial charge < -0.3 is 24.3 Å². The fourth-order valence-electron chi connectivity index (χ4n) is 6.55. The first-order valence-electron chi connectivity index (χ1n) is 14.4. The Morgan fingerprint density at radius 2 is 1.68 bits per heavy atom. The van der Waals surface area contributed by atoms with E-state index < -0.39 is 6.09 Å². The summed E-state index contributed by atoms with van der Waals surface area (Å²) < 4.78 is 4.85. The zero-order valence-electron chi connectivity index (χ0n) is 24.3. The summed E-state index contributed by atoms with van der Waals surface area (Å²) in [6.07, 6.45) is 2.53. The first kappa shape index (κ1) is 29.3. The van der Waals surface area contributed by atoms with E-state index in [0.29, 0.717) is 48.5 Å². The van der Waals surface area contributed by atoms with Crippen molar-refractivity contribution in [1.29, 1.82) is 0 Å². The van der Waals surface area contributed by atoms with Gasteiger partial charge in [-0.1, -0.05) is 17.7 Å². The molecule has 3 atom stereocenters. The third-order valence-electron chi connectivity index (χ3n) is 8.85. The highest BCUT2D eigenvalue weighted by Crippen LogP contribution is 2.33. The fourth-order valence-corrected chi connectivity index (χ4v) is 6.72. The van der Waals surface area contributed by atoms with E-state index in [2.05, 4.69) is 14.9 Å². The maximum Gasteiger partial charge on any atom is 0.409 e. The van der Waals surface area contributed by atoms with Crippen LogP contribution < -0.4 is 4.90 Å². The number of fused-ring (bicyclic) bond motifs is 1. The molecule has 10 nitrogen and oxygen atoms in total. The minimum atomic E-state index is -0.396. The predicted molar refractivity (Wildman–Crippen MR) is 156 cm³/mol. The third-order valence-corrected chi connectivity index (χ3v) is 9.26. The zero-order valence-corrected chi connectivity index (χ0v) is 25.1. The number of amides is 3. The van der Waals surface area contributed by atoms with Gasteiger partial charge in [0.15, 0.2) is 0 Å². The molecule has 1 aromatic heterocycles. The summed E-state index contributed by atoms with van der Waals surface area (Å²) >= 11 is 6.44. The number of likely N-dealkylation sites (tertiary alicyclic amines) is 3. The number of hydrogen-bond acceptors (Lipinski definition) is 7. The number of rotatable bonds is 7. The van der Waals surface area contributed by atoms with Gasteiger partial charge in [0.1, 0.15) is 6.33 Å². The van der Waals surface area contributed by atoms with Crippen LogP contribution >= 0.6 is 11.6 Å². The molecule has 4 heterocycles. The van der Waals surface area contributed by atoms with E-state index in [0.717, 1.165) is 61.8 Å². The number of methoxy groups -OCH3 is 1. The highest BCUT2D eigenvalue weighted by Gasteiger charge is 2.42. The summed E-state index contributed by atoms with van der Waals surface area (Å²) in [5.74, 6) is 0.664. The van der Waals surface area contributed by atoms with Gasteiger partial charge in [-0.3, -0.25) is 9.59 Å². The number of aromatic nitrogens is 2. The van der Waals surface area contributed by atoms with Crippen molar-refractivity contribution in [3.8, 4) is 0 Å². The highest BCUT2D eigenvalue weighted by atomic mass is 35.5. The Bertz CT molecular complexity index is 1290. The molecule has 1 aromatic carbocycles. The van der Waals surface area contributed by atoms with Gasteiger partial charge in [0.05, 0.1) is 30.0 Å². The Kier molecular flexibility index (Phi) is 8.79. The quantitative estimate of drug-likeness (QED) is 0.492. The molecule has 2 aromatic rings. The minimum Gasteiger partial charge on any atom is -0.453 e. The van der Waals surface area contributed by atoms with Gasteiger partial charge >= 0.3 is 6.09 Å². The van der Waals surface area contributed by atoms with Gasteiger partial charge in [-0.05, 0) is 69.7 Å². The van der Waals surface area contributed by atoms with Crippen molar-refractivity contribution in [2.45, 2.75) is 33.6 Å². The average Bonchev–Trinajstić information content (AvgIpc) is 3.67. The Hall–Kier alpha value is -3.24. The van der Waals surface area contributed by atoms with E-state index in [1.807, 2.05) is 48.8 Å². The van der Waals surface area contributed by atoms with Crippen molar-refractivity contribution < 1.29 is 19.1 Å². The van der Waals surface area contributed by atoms with E-state index >= 15 is 0 Å². The lowest BCUT2D eigenvalue weighted by Gasteiger charge is -2.28. The SMILES string of the molecule is COC(=O)N1CCC(C(=O)N(CCCN2CC3CN(C(=O)c4c(C)ncnc4C)CC3C2)c2ccc(C)c(Cl)c2)C1. The van der Waals surface area contributed by atoms with E-state index in [-0.39, 0.29) is 17.7 Å². The van der Waals surface area contributed by atoms with Crippen molar-refractivity contribution in [3.63, 3.8) is 0 Å². The fraction of sp³-hybridized carbons (Fsp3) is 0.567. The summed E-state index contributed by atoms with van der Waals surface area (Å²) in [7, 11) is 1.36. The normalized spacial score (nSPS) is 22.2. The highest BCUT2D eigenvalue weighted by molar-refractivity contribution is 6.31. The molecule has 0 saturated carbocycles. The number of carbonyl (C=O) groups is 3. The second kappa shape index (κ2) is 12.3. The number of aryl methyl sites for hydroxylation is 3. The number of halogens is 1. The van der Waals surface area contributed by atoms with Crippen LogP contribution in [0.1, 0.15) is 40.2 Å². The van der Waals surface area contributed by atoms with Crippen LogP contribution in [-0.4, -0.2) is 102 Å². The summed E-state index contributed by atoms with van der Waals surface area (Å²) in [5.41, 5.74) is 3.82. The molecule has 3 fully saturated rings. The summed E-state index contributed by atoms with van der Waals surface area (Å²) in [5, 5.41) is 0.627. The molecule has 41 heavy (non-hydrogen) atoms. The van der Waals surface area contributed by atoms with Crippen LogP contribution in [0.25, 0.3) is 0 Å². The molecule has 3 aliphatic rings. The number of carbonyl (C=O) groups excluding carboxylic acids is 3. The van der Waals surface area contributed by atoms with Crippen LogP contribution in [0.2, 0.25) is 5.02 Å². The molecular weight excluding hydrogens is 544 g/mol. The standard InChI is InChI=1S/C30H39ClN6O4/c1-19-6-7-25(12-26(19)31)37(28(38)22-8-11-35(15-22)30(40)41-4)10-5-9-34-13-23-16-36(17-24(23)14-34)29(39)27-20(2)32-18-33-21(27)3/h6-7,12,18,22-24H,5,8-11,13-17H2,1-4H3. The van der Waals surface area contributed by atoms with Gasteiger partial charge in [0, 0.05) is 56.5 Å². The minimum absolute atomic E-state index is 0.0132. The van der Waals surface area contributed by atoms with E-state index in [9.17, 15) is 14.4 Å². The summed E-state index contributed by atoms with van der Waals surface area (Å²) in [6, 6.07) is 5.74. The molecule has 5 rings (SSSR count). The number of hydrogen-bond donors (Lipinski definition) is 0. The number of ether oxygens (including phenoxy) is 1. The van der Waals surface area contributed by atoms with Crippen molar-refractivity contribution in [1.82, 2.24) is 24.7 Å². The lowest BCUT2D eigenvalue weighted by Crippen LogP contribution is -2.40. The molecule has 3 saturated heterocycles. The molecule has 0 N–H and O–H groups in total. The van der Waals surface area contributed by atoms with E-state index in [1.165, 1.54) is 13.4 Å². The van der Waals surface area contributed by atoms with Gasteiger partial charge in [-0.2, -0.15) is 0 Å². The van der Waals surface area contributed by atoms with Crippen LogP contribution in [0.15, 0.2) is 24.5 Å². The molecule has 3 unspecified atom stereocenters. The second-order valence-electron chi connectivity index (χ2n) is 11.6. The van der Waals surface area contributed by atoms with Crippen LogP contribution in [0.5, 0.6) is 0 Å². The Balaban J connectivity index is 1.18. The molecule has 0 radical (unpaired) electrons. The molecule has 11 heteroatoms. The Morgan fingerprint density at radius 3 is 2.32 bits per heavy atom.